The average molecular weight is 422 g/mol. The summed E-state index contributed by atoms with van der Waals surface area (Å²) in [7, 11) is 0. The van der Waals surface area contributed by atoms with Crippen LogP contribution in [0.2, 0.25) is 5.02 Å². The van der Waals surface area contributed by atoms with Gasteiger partial charge in [-0.15, -0.1) is 0 Å². The first-order valence-electron chi connectivity index (χ1n) is 8.15. The first-order chi connectivity index (χ1) is 12.7. The van der Waals surface area contributed by atoms with E-state index in [1.807, 2.05) is 66.7 Å². The summed E-state index contributed by atoms with van der Waals surface area (Å²) in [5.41, 5.74) is 4.73. The Kier molecular flexibility index (Phi) is 4.83. The summed E-state index contributed by atoms with van der Waals surface area (Å²) in [5, 5.41) is 0.667. The maximum atomic E-state index is 6.17. The molecule has 0 saturated heterocycles. The van der Waals surface area contributed by atoms with Crippen LogP contribution in [-0.2, 0) is 0 Å². The van der Waals surface area contributed by atoms with Crippen LogP contribution in [-0.4, -0.2) is 9.97 Å². The Morgan fingerprint density at radius 3 is 2.00 bits per heavy atom. The molecule has 0 radical (unpaired) electrons. The fourth-order valence-corrected chi connectivity index (χ4v) is 3.35. The molecule has 0 unspecified atom stereocenters. The molecule has 0 aliphatic carbocycles. The Bertz CT molecular complexity index is 1000. The maximum Gasteiger partial charge on any atom is 0.160 e. The number of hydrogen-bond donors (Lipinski definition) is 0. The second kappa shape index (κ2) is 7.40. The zero-order valence-electron chi connectivity index (χ0n) is 13.7. The molecule has 4 heteroatoms. The van der Waals surface area contributed by atoms with Gasteiger partial charge in [0.25, 0.3) is 0 Å². The van der Waals surface area contributed by atoms with Crippen molar-refractivity contribution in [2.45, 2.75) is 0 Å². The van der Waals surface area contributed by atoms with Crippen molar-refractivity contribution >= 4 is 27.5 Å². The van der Waals surface area contributed by atoms with Crippen molar-refractivity contribution in [3.8, 4) is 33.9 Å². The molecule has 4 rings (SSSR count). The van der Waals surface area contributed by atoms with Gasteiger partial charge in [-0.05, 0) is 30.3 Å². The van der Waals surface area contributed by atoms with Crippen LogP contribution in [0.5, 0.6) is 0 Å². The molecule has 0 spiro atoms. The lowest BCUT2D eigenvalue weighted by Crippen LogP contribution is -1.95. The molecule has 4 aromatic rings. The number of halogens is 2. The molecule has 1 aromatic heterocycles. The number of nitrogens with zero attached hydrogens (tertiary/aromatic N) is 2. The highest BCUT2D eigenvalue weighted by atomic mass is 79.9. The third kappa shape index (κ3) is 3.69. The molecule has 26 heavy (non-hydrogen) atoms. The minimum absolute atomic E-state index is 0.656. The van der Waals surface area contributed by atoms with Gasteiger partial charge < -0.3 is 0 Å². The van der Waals surface area contributed by atoms with Crippen LogP contribution in [0.3, 0.4) is 0 Å². The number of benzene rings is 3. The fourth-order valence-electron chi connectivity index (χ4n) is 2.76. The average Bonchev–Trinajstić information content (AvgIpc) is 2.68. The quantitative estimate of drug-likeness (QED) is 0.360. The van der Waals surface area contributed by atoms with Crippen molar-refractivity contribution in [1.29, 1.82) is 0 Å². The van der Waals surface area contributed by atoms with Crippen molar-refractivity contribution < 1.29 is 0 Å². The van der Waals surface area contributed by atoms with Gasteiger partial charge in [-0.25, -0.2) is 9.97 Å². The lowest BCUT2D eigenvalue weighted by molar-refractivity contribution is 1.18. The molecule has 0 aliphatic heterocycles. The molecule has 3 aromatic carbocycles. The van der Waals surface area contributed by atoms with E-state index in [-0.39, 0.29) is 0 Å². The van der Waals surface area contributed by atoms with E-state index < -0.39 is 0 Å². The minimum atomic E-state index is 0.656. The van der Waals surface area contributed by atoms with Crippen LogP contribution >= 0.6 is 27.5 Å². The predicted octanol–water partition coefficient (Wildman–Crippen LogP) is 6.89. The van der Waals surface area contributed by atoms with Gasteiger partial charge in [0.2, 0.25) is 0 Å². The number of rotatable bonds is 3. The molecular weight excluding hydrogens is 408 g/mol. The van der Waals surface area contributed by atoms with Gasteiger partial charge in [0.05, 0.1) is 11.4 Å². The van der Waals surface area contributed by atoms with E-state index in [9.17, 15) is 0 Å². The summed E-state index contributed by atoms with van der Waals surface area (Å²) in [6.07, 6.45) is 0. The molecule has 0 bridgehead atoms. The SMILES string of the molecule is Clc1cccc(-c2nc(-c3ccccc3)cc(-c3cccc(Br)c3)n2)c1. The molecule has 0 saturated carbocycles. The molecule has 0 N–H and O–H groups in total. The van der Waals surface area contributed by atoms with Crippen molar-refractivity contribution in [3.63, 3.8) is 0 Å². The van der Waals surface area contributed by atoms with Crippen LogP contribution in [0.25, 0.3) is 33.9 Å². The number of aromatic nitrogens is 2. The van der Waals surface area contributed by atoms with Gasteiger partial charge in [-0.2, -0.15) is 0 Å². The van der Waals surface area contributed by atoms with Crippen LogP contribution in [0.15, 0.2) is 89.4 Å². The van der Waals surface area contributed by atoms with E-state index in [0.717, 1.165) is 32.6 Å². The van der Waals surface area contributed by atoms with Crippen molar-refractivity contribution in [1.82, 2.24) is 9.97 Å². The summed E-state index contributed by atoms with van der Waals surface area (Å²) in [4.78, 5) is 9.57. The molecule has 0 atom stereocenters. The Morgan fingerprint density at radius 2 is 1.27 bits per heavy atom. The van der Waals surface area contributed by atoms with E-state index in [0.29, 0.717) is 10.8 Å². The van der Waals surface area contributed by atoms with Crippen LogP contribution < -0.4 is 0 Å². The van der Waals surface area contributed by atoms with E-state index in [1.54, 1.807) is 0 Å². The predicted molar refractivity (Wildman–Crippen MR) is 111 cm³/mol. The molecule has 0 aliphatic rings. The molecule has 0 amide bonds. The normalized spacial score (nSPS) is 10.7. The van der Waals surface area contributed by atoms with E-state index in [2.05, 4.69) is 34.1 Å². The second-order valence-corrected chi connectivity index (χ2v) is 7.20. The Labute approximate surface area is 165 Å². The van der Waals surface area contributed by atoms with Crippen molar-refractivity contribution in [2.75, 3.05) is 0 Å². The lowest BCUT2D eigenvalue weighted by atomic mass is 10.1. The van der Waals surface area contributed by atoms with Crippen molar-refractivity contribution in [3.05, 3.63) is 94.4 Å². The van der Waals surface area contributed by atoms with Crippen LogP contribution in [0, 0.1) is 0 Å². The molecule has 2 nitrogen and oxygen atoms in total. The maximum absolute atomic E-state index is 6.17. The van der Waals surface area contributed by atoms with Gasteiger partial charge in [0.1, 0.15) is 0 Å². The van der Waals surface area contributed by atoms with Gasteiger partial charge in [-0.3, -0.25) is 0 Å². The Hall–Kier alpha value is -2.49. The van der Waals surface area contributed by atoms with Gasteiger partial charge in [0.15, 0.2) is 5.82 Å². The molecular formula is C22H14BrClN2. The highest BCUT2D eigenvalue weighted by molar-refractivity contribution is 9.10. The molecule has 1 heterocycles. The lowest BCUT2D eigenvalue weighted by Gasteiger charge is -2.09. The minimum Gasteiger partial charge on any atom is -0.228 e. The first kappa shape index (κ1) is 17.0. The van der Waals surface area contributed by atoms with E-state index in [4.69, 9.17) is 21.6 Å². The standard InChI is InChI=1S/C22H14BrClN2/c23-18-10-4-8-16(12-18)21-14-20(15-6-2-1-3-7-15)25-22(26-21)17-9-5-11-19(24)13-17/h1-14H. The van der Waals surface area contributed by atoms with Gasteiger partial charge in [0, 0.05) is 26.2 Å². The second-order valence-electron chi connectivity index (χ2n) is 5.85. The Balaban J connectivity index is 1.93. The van der Waals surface area contributed by atoms with Crippen LogP contribution in [0.1, 0.15) is 0 Å². The highest BCUT2D eigenvalue weighted by Gasteiger charge is 2.11. The third-order valence-electron chi connectivity index (χ3n) is 4.00. The smallest absolute Gasteiger partial charge is 0.160 e. The molecule has 126 valence electrons. The molecule has 0 fully saturated rings. The number of hydrogen-bond acceptors (Lipinski definition) is 2. The topological polar surface area (TPSA) is 25.8 Å². The largest absolute Gasteiger partial charge is 0.228 e. The monoisotopic (exact) mass is 420 g/mol. The Morgan fingerprint density at radius 1 is 0.615 bits per heavy atom. The first-order valence-corrected chi connectivity index (χ1v) is 9.32. The summed E-state index contributed by atoms with van der Waals surface area (Å²) >= 11 is 9.70. The highest BCUT2D eigenvalue weighted by Crippen LogP contribution is 2.29. The fraction of sp³-hybridized carbons (Fsp3) is 0. The summed E-state index contributed by atoms with van der Waals surface area (Å²) < 4.78 is 1.01. The van der Waals surface area contributed by atoms with Crippen molar-refractivity contribution in [2.24, 2.45) is 0 Å². The van der Waals surface area contributed by atoms with Crippen LogP contribution in [0.4, 0.5) is 0 Å². The van der Waals surface area contributed by atoms with E-state index in [1.165, 1.54) is 0 Å². The summed E-state index contributed by atoms with van der Waals surface area (Å²) in [5.74, 6) is 0.656. The van der Waals surface area contributed by atoms with Gasteiger partial charge in [-0.1, -0.05) is 82.1 Å². The summed E-state index contributed by atoms with van der Waals surface area (Å²) in [6.45, 7) is 0. The summed E-state index contributed by atoms with van der Waals surface area (Å²) in [6, 6.07) is 27.9. The third-order valence-corrected chi connectivity index (χ3v) is 4.73. The zero-order valence-corrected chi connectivity index (χ0v) is 16.1. The van der Waals surface area contributed by atoms with E-state index >= 15 is 0 Å². The zero-order chi connectivity index (χ0) is 17.9. The van der Waals surface area contributed by atoms with Gasteiger partial charge >= 0.3 is 0 Å².